The van der Waals surface area contributed by atoms with E-state index in [9.17, 15) is 27.2 Å². The first-order chi connectivity index (χ1) is 14.7. The molecule has 156 valence electrons. The first-order valence-electron chi connectivity index (χ1n) is 8.77. The van der Waals surface area contributed by atoms with E-state index in [1.54, 1.807) is 0 Å². The van der Waals surface area contributed by atoms with Gasteiger partial charge >= 0.3 is 6.18 Å². The average molecular weight is 427 g/mol. The number of carbonyl (C=O) groups excluding carboxylic acids is 2. The van der Waals surface area contributed by atoms with Crippen LogP contribution in [0.25, 0.3) is 0 Å². The van der Waals surface area contributed by atoms with E-state index in [0.717, 1.165) is 18.2 Å². The van der Waals surface area contributed by atoms with Crippen molar-refractivity contribution >= 4 is 23.2 Å². The van der Waals surface area contributed by atoms with Crippen molar-refractivity contribution in [3.8, 4) is 6.07 Å². The van der Waals surface area contributed by atoms with Crippen LogP contribution in [0, 0.1) is 17.1 Å². The lowest BCUT2D eigenvalue weighted by Gasteiger charge is -2.16. The number of rotatable bonds is 4. The molecule has 3 aromatic carbocycles. The third kappa shape index (κ3) is 5.25. The quantitative estimate of drug-likeness (QED) is 0.560. The summed E-state index contributed by atoms with van der Waals surface area (Å²) in [5.74, 6) is -2.11. The molecule has 0 fully saturated rings. The lowest BCUT2D eigenvalue weighted by Crippen LogP contribution is -2.18. The van der Waals surface area contributed by atoms with Crippen LogP contribution in [0.3, 0.4) is 0 Å². The van der Waals surface area contributed by atoms with Crippen LogP contribution in [0.2, 0.25) is 0 Å². The topological polar surface area (TPSA) is 82.0 Å². The summed E-state index contributed by atoms with van der Waals surface area (Å²) in [6.07, 6.45) is -4.83. The number of nitriles is 1. The maximum Gasteiger partial charge on any atom is 0.418 e. The Bertz CT molecular complexity index is 1180. The highest BCUT2D eigenvalue weighted by Gasteiger charge is 2.34. The van der Waals surface area contributed by atoms with Crippen molar-refractivity contribution in [2.75, 3.05) is 10.6 Å². The summed E-state index contributed by atoms with van der Waals surface area (Å²) in [6.45, 7) is 0. The Labute approximate surface area is 173 Å². The molecule has 0 aliphatic rings. The highest BCUT2D eigenvalue weighted by Crippen LogP contribution is 2.37. The third-order valence-corrected chi connectivity index (χ3v) is 4.19. The number of nitrogens with zero attached hydrogens (tertiary/aromatic N) is 1. The first kappa shape index (κ1) is 21.5. The zero-order valence-electron chi connectivity index (χ0n) is 15.6. The van der Waals surface area contributed by atoms with Crippen LogP contribution in [-0.2, 0) is 6.18 Å². The molecule has 0 aliphatic heterocycles. The highest BCUT2D eigenvalue weighted by molar-refractivity contribution is 6.06. The molecule has 0 atom stereocenters. The molecular weight excluding hydrogens is 414 g/mol. The largest absolute Gasteiger partial charge is 0.418 e. The predicted octanol–water partition coefficient (Wildman–Crippen LogP) is 5.22. The van der Waals surface area contributed by atoms with E-state index >= 15 is 0 Å². The van der Waals surface area contributed by atoms with Crippen LogP contribution < -0.4 is 10.6 Å². The second-order valence-corrected chi connectivity index (χ2v) is 6.37. The van der Waals surface area contributed by atoms with Crippen molar-refractivity contribution < 1.29 is 27.2 Å². The standard InChI is InChI=1S/C22H13F4N3O2/c23-16-6-4-14(5-7-16)20(30)28-17-8-9-19(18(11-17)22(24,25)26)29-21(31)15-3-1-2-13(10-15)12-27/h1-11H,(H,28,30)(H,29,31). The van der Waals surface area contributed by atoms with E-state index in [-0.39, 0.29) is 22.4 Å². The Morgan fingerprint density at radius 3 is 2.16 bits per heavy atom. The molecule has 0 heterocycles. The number of nitrogens with one attached hydrogen (secondary N) is 2. The second-order valence-electron chi connectivity index (χ2n) is 6.37. The summed E-state index contributed by atoms with van der Waals surface area (Å²) in [6, 6.07) is 14.7. The van der Waals surface area contributed by atoms with Gasteiger partial charge in [-0.2, -0.15) is 18.4 Å². The van der Waals surface area contributed by atoms with E-state index in [4.69, 9.17) is 5.26 Å². The third-order valence-electron chi connectivity index (χ3n) is 4.19. The number of amides is 2. The van der Waals surface area contributed by atoms with Gasteiger partial charge in [-0.05, 0) is 60.7 Å². The number of hydrogen-bond donors (Lipinski definition) is 2. The molecule has 0 radical (unpaired) electrons. The smallest absolute Gasteiger partial charge is 0.322 e. The fourth-order valence-electron chi connectivity index (χ4n) is 2.69. The zero-order chi connectivity index (χ0) is 22.6. The van der Waals surface area contributed by atoms with Crippen molar-refractivity contribution in [3.63, 3.8) is 0 Å². The zero-order valence-corrected chi connectivity index (χ0v) is 15.6. The molecule has 0 unspecified atom stereocenters. The molecule has 2 N–H and O–H groups in total. The van der Waals surface area contributed by atoms with Crippen LogP contribution >= 0.6 is 0 Å². The van der Waals surface area contributed by atoms with Gasteiger partial charge in [0.1, 0.15) is 5.82 Å². The molecule has 3 aromatic rings. The number of hydrogen-bond acceptors (Lipinski definition) is 3. The Hall–Kier alpha value is -4.19. The minimum absolute atomic E-state index is 0.0147. The van der Waals surface area contributed by atoms with E-state index < -0.39 is 35.1 Å². The molecule has 5 nitrogen and oxygen atoms in total. The maximum atomic E-state index is 13.6. The molecular formula is C22H13F4N3O2. The van der Waals surface area contributed by atoms with Gasteiger partial charge in [-0.15, -0.1) is 0 Å². The number of benzene rings is 3. The van der Waals surface area contributed by atoms with Crippen molar-refractivity contribution in [2.45, 2.75) is 6.18 Å². The van der Waals surface area contributed by atoms with Crippen LogP contribution in [0.5, 0.6) is 0 Å². The summed E-state index contributed by atoms with van der Waals surface area (Å²) >= 11 is 0. The number of alkyl halides is 3. The lowest BCUT2D eigenvalue weighted by atomic mass is 10.1. The van der Waals surface area contributed by atoms with Crippen molar-refractivity contribution in [1.82, 2.24) is 0 Å². The summed E-state index contributed by atoms with van der Waals surface area (Å²) in [4.78, 5) is 24.5. The van der Waals surface area contributed by atoms with Gasteiger partial charge in [0.25, 0.3) is 11.8 Å². The molecule has 9 heteroatoms. The maximum absolute atomic E-state index is 13.6. The molecule has 0 saturated heterocycles. The summed E-state index contributed by atoms with van der Waals surface area (Å²) < 4.78 is 53.6. The normalized spacial score (nSPS) is 10.8. The van der Waals surface area contributed by atoms with Crippen LogP contribution in [0.15, 0.2) is 66.7 Å². The number of carbonyl (C=O) groups is 2. The van der Waals surface area contributed by atoms with E-state index in [0.29, 0.717) is 6.07 Å². The van der Waals surface area contributed by atoms with E-state index in [1.165, 1.54) is 42.5 Å². The second kappa shape index (κ2) is 8.67. The summed E-state index contributed by atoms with van der Waals surface area (Å²) in [7, 11) is 0. The van der Waals surface area contributed by atoms with Crippen molar-refractivity contribution in [1.29, 1.82) is 5.26 Å². The highest BCUT2D eigenvalue weighted by atomic mass is 19.4. The Morgan fingerprint density at radius 1 is 0.839 bits per heavy atom. The van der Waals surface area contributed by atoms with Crippen LogP contribution in [-0.4, -0.2) is 11.8 Å². The van der Waals surface area contributed by atoms with Gasteiger partial charge in [-0.3, -0.25) is 9.59 Å². The monoisotopic (exact) mass is 427 g/mol. The number of anilines is 2. The van der Waals surface area contributed by atoms with E-state index in [1.807, 2.05) is 6.07 Å². The Morgan fingerprint density at radius 2 is 1.52 bits per heavy atom. The average Bonchev–Trinajstić information content (AvgIpc) is 2.74. The SMILES string of the molecule is N#Cc1cccc(C(=O)Nc2ccc(NC(=O)c3ccc(F)cc3)cc2C(F)(F)F)c1. The fourth-order valence-corrected chi connectivity index (χ4v) is 2.69. The van der Waals surface area contributed by atoms with Gasteiger partial charge in [0.15, 0.2) is 0 Å². The Balaban J connectivity index is 1.86. The van der Waals surface area contributed by atoms with Crippen molar-refractivity contribution in [2.24, 2.45) is 0 Å². The predicted molar refractivity (Wildman–Crippen MR) is 105 cm³/mol. The number of halogens is 4. The van der Waals surface area contributed by atoms with E-state index in [2.05, 4.69) is 10.6 Å². The van der Waals surface area contributed by atoms with Gasteiger partial charge in [0.2, 0.25) is 0 Å². The van der Waals surface area contributed by atoms with Crippen LogP contribution in [0.1, 0.15) is 31.8 Å². The lowest BCUT2D eigenvalue weighted by molar-refractivity contribution is -0.136. The van der Waals surface area contributed by atoms with Crippen LogP contribution in [0.4, 0.5) is 28.9 Å². The molecule has 0 aliphatic carbocycles. The van der Waals surface area contributed by atoms with Gasteiger partial charge in [-0.1, -0.05) is 6.07 Å². The molecule has 0 bridgehead atoms. The molecule has 0 aromatic heterocycles. The molecule has 2 amide bonds. The van der Waals surface area contributed by atoms with Gasteiger partial charge in [-0.25, -0.2) is 4.39 Å². The summed E-state index contributed by atoms with van der Waals surface area (Å²) in [5, 5.41) is 13.4. The Kier molecular flexibility index (Phi) is 6.02. The minimum Gasteiger partial charge on any atom is -0.322 e. The molecule has 31 heavy (non-hydrogen) atoms. The fraction of sp³-hybridized carbons (Fsp3) is 0.0455. The summed E-state index contributed by atoms with van der Waals surface area (Å²) in [5.41, 5.74) is -1.59. The van der Waals surface area contributed by atoms with Gasteiger partial charge in [0, 0.05) is 16.8 Å². The minimum atomic E-state index is -4.83. The van der Waals surface area contributed by atoms with Gasteiger partial charge < -0.3 is 10.6 Å². The first-order valence-corrected chi connectivity index (χ1v) is 8.77. The molecule has 0 saturated carbocycles. The molecule has 0 spiro atoms. The van der Waals surface area contributed by atoms with Gasteiger partial charge in [0.05, 0.1) is 22.9 Å². The van der Waals surface area contributed by atoms with Crippen molar-refractivity contribution in [3.05, 3.63) is 94.8 Å². The molecule has 3 rings (SSSR count).